The number of para-hydroxylation sites is 2. The van der Waals surface area contributed by atoms with Crippen molar-refractivity contribution in [1.29, 1.82) is 0 Å². The van der Waals surface area contributed by atoms with Crippen LogP contribution in [0.25, 0.3) is 10.8 Å². The summed E-state index contributed by atoms with van der Waals surface area (Å²) in [4.78, 5) is 5.77. The summed E-state index contributed by atoms with van der Waals surface area (Å²) in [5.74, 6) is 2.21. The minimum absolute atomic E-state index is 0.107. The fourth-order valence-corrected chi connectivity index (χ4v) is 3.94. The van der Waals surface area contributed by atoms with Gasteiger partial charge in [-0.05, 0) is 30.5 Å². The van der Waals surface area contributed by atoms with Gasteiger partial charge in [-0.3, -0.25) is 4.90 Å². The highest BCUT2D eigenvalue weighted by Crippen LogP contribution is 2.31. The summed E-state index contributed by atoms with van der Waals surface area (Å²) in [6.07, 6.45) is 0. The highest BCUT2D eigenvalue weighted by Gasteiger charge is 2.26. The first-order valence-corrected chi connectivity index (χ1v) is 9.63. The molecule has 1 aromatic carbocycles. The number of nitrogens with zero attached hydrogens (tertiary/aromatic N) is 4. The molecule has 3 aromatic rings. The molecule has 0 amide bonds. The lowest BCUT2D eigenvalue weighted by Crippen LogP contribution is -2.47. The van der Waals surface area contributed by atoms with Gasteiger partial charge in [-0.1, -0.05) is 18.2 Å². The molecule has 0 spiro atoms. The Morgan fingerprint density at radius 2 is 1.88 bits per heavy atom. The van der Waals surface area contributed by atoms with Crippen LogP contribution in [-0.2, 0) is 0 Å². The van der Waals surface area contributed by atoms with Crippen molar-refractivity contribution in [2.45, 2.75) is 13.0 Å². The molecule has 1 atom stereocenters. The topological polar surface area (TPSA) is 54.6 Å². The van der Waals surface area contributed by atoms with Crippen LogP contribution in [0.4, 0.5) is 5.69 Å². The minimum atomic E-state index is 0.107. The van der Waals surface area contributed by atoms with Crippen LogP contribution in [-0.4, -0.2) is 48.4 Å². The van der Waals surface area contributed by atoms with Crippen LogP contribution >= 0.6 is 11.3 Å². The molecule has 4 rings (SSSR count). The van der Waals surface area contributed by atoms with Crippen LogP contribution < -0.4 is 9.64 Å². The van der Waals surface area contributed by atoms with Crippen LogP contribution in [0, 0.1) is 0 Å². The van der Waals surface area contributed by atoms with Gasteiger partial charge in [-0.2, -0.15) is 0 Å². The lowest BCUT2D eigenvalue weighted by Gasteiger charge is -2.38. The van der Waals surface area contributed by atoms with E-state index in [0.29, 0.717) is 11.8 Å². The second kappa shape index (κ2) is 7.47. The summed E-state index contributed by atoms with van der Waals surface area (Å²) in [5.41, 5.74) is 1.15. The number of hydrogen-bond donors (Lipinski definition) is 0. The molecule has 1 aliphatic rings. The fraction of sp³-hybridized carbons (Fsp3) is 0.368. The number of thiophene rings is 1. The predicted molar refractivity (Wildman–Crippen MR) is 103 cm³/mol. The maximum Gasteiger partial charge on any atom is 0.257 e. The largest absolute Gasteiger partial charge is 0.495 e. The number of methoxy groups -OCH3 is 1. The van der Waals surface area contributed by atoms with E-state index in [1.54, 1.807) is 18.4 Å². The quantitative estimate of drug-likeness (QED) is 0.683. The molecule has 0 N–H and O–H groups in total. The Hall–Kier alpha value is -2.38. The van der Waals surface area contributed by atoms with Crippen molar-refractivity contribution >= 4 is 17.0 Å². The number of hydrogen-bond acceptors (Lipinski definition) is 7. The number of aromatic nitrogens is 2. The van der Waals surface area contributed by atoms with E-state index in [4.69, 9.17) is 9.15 Å². The van der Waals surface area contributed by atoms with Crippen LogP contribution in [0.1, 0.15) is 18.9 Å². The molecule has 7 heteroatoms. The van der Waals surface area contributed by atoms with E-state index in [-0.39, 0.29) is 6.04 Å². The number of anilines is 1. The van der Waals surface area contributed by atoms with E-state index in [9.17, 15) is 0 Å². The number of ether oxygens (including phenoxy) is 1. The molecule has 1 aliphatic heterocycles. The Labute approximate surface area is 157 Å². The third kappa shape index (κ3) is 3.32. The second-order valence-electron chi connectivity index (χ2n) is 6.29. The summed E-state index contributed by atoms with van der Waals surface area (Å²) in [6, 6.07) is 12.3. The van der Waals surface area contributed by atoms with Crippen LogP contribution in [0.5, 0.6) is 5.75 Å². The minimum Gasteiger partial charge on any atom is -0.495 e. The Bertz CT molecular complexity index is 841. The summed E-state index contributed by atoms with van der Waals surface area (Å²) >= 11 is 1.61. The molecule has 0 bridgehead atoms. The molecule has 3 heterocycles. The van der Waals surface area contributed by atoms with Crippen LogP contribution in [0.15, 0.2) is 46.2 Å². The van der Waals surface area contributed by atoms with E-state index in [1.807, 2.05) is 29.6 Å². The highest BCUT2D eigenvalue weighted by molar-refractivity contribution is 7.13. The monoisotopic (exact) mass is 370 g/mol. The maximum atomic E-state index is 5.90. The standard InChI is InChI=1S/C19H22N4O2S/c1-14(18-20-21-19(25-18)17-8-5-13-26-17)22-9-11-23(12-10-22)15-6-3-4-7-16(15)24-2/h3-8,13-14H,9-12H2,1-2H3/t14-/m0/s1. The molecule has 0 unspecified atom stereocenters. The van der Waals surface area contributed by atoms with Gasteiger partial charge >= 0.3 is 0 Å². The van der Waals surface area contributed by atoms with Gasteiger partial charge < -0.3 is 14.1 Å². The molecule has 0 radical (unpaired) electrons. The average molecular weight is 370 g/mol. The zero-order chi connectivity index (χ0) is 17.9. The van der Waals surface area contributed by atoms with Crippen molar-refractivity contribution in [3.8, 4) is 16.5 Å². The van der Waals surface area contributed by atoms with Gasteiger partial charge in [-0.25, -0.2) is 0 Å². The van der Waals surface area contributed by atoms with Crippen molar-refractivity contribution in [2.75, 3.05) is 38.2 Å². The third-order valence-electron chi connectivity index (χ3n) is 4.82. The summed E-state index contributed by atoms with van der Waals surface area (Å²) < 4.78 is 11.4. The molecule has 1 saturated heterocycles. The molecule has 136 valence electrons. The van der Waals surface area contributed by atoms with Gasteiger partial charge in [0.25, 0.3) is 5.89 Å². The van der Waals surface area contributed by atoms with E-state index < -0.39 is 0 Å². The Kier molecular flexibility index (Phi) is 4.90. The normalized spacial score (nSPS) is 16.6. The van der Waals surface area contributed by atoms with Crippen LogP contribution in [0.3, 0.4) is 0 Å². The van der Waals surface area contributed by atoms with Crippen molar-refractivity contribution in [1.82, 2.24) is 15.1 Å². The van der Waals surface area contributed by atoms with Gasteiger partial charge in [0.1, 0.15) is 5.75 Å². The second-order valence-corrected chi connectivity index (χ2v) is 7.24. The van der Waals surface area contributed by atoms with Gasteiger partial charge in [0, 0.05) is 26.2 Å². The first-order valence-electron chi connectivity index (χ1n) is 8.75. The fourth-order valence-electron chi connectivity index (χ4n) is 3.30. The highest BCUT2D eigenvalue weighted by atomic mass is 32.1. The first-order chi connectivity index (χ1) is 12.8. The third-order valence-corrected chi connectivity index (χ3v) is 5.68. The lowest BCUT2D eigenvalue weighted by atomic mass is 10.2. The smallest absolute Gasteiger partial charge is 0.257 e. The van der Waals surface area contributed by atoms with E-state index in [0.717, 1.165) is 42.5 Å². The zero-order valence-electron chi connectivity index (χ0n) is 15.0. The van der Waals surface area contributed by atoms with Crippen molar-refractivity contribution in [3.63, 3.8) is 0 Å². The molecule has 2 aromatic heterocycles. The Morgan fingerprint density at radius 1 is 1.08 bits per heavy atom. The average Bonchev–Trinajstić information content (AvgIpc) is 3.39. The number of rotatable bonds is 5. The lowest BCUT2D eigenvalue weighted by molar-refractivity contribution is 0.173. The van der Waals surface area contributed by atoms with Gasteiger partial charge in [-0.15, -0.1) is 21.5 Å². The molecular weight excluding hydrogens is 348 g/mol. The first kappa shape index (κ1) is 17.1. The van der Waals surface area contributed by atoms with E-state index >= 15 is 0 Å². The summed E-state index contributed by atoms with van der Waals surface area (Å²) in [5, 5.41) is 10.5. The molecule has 26 heavy (non-hydrogen) atoms. The van der Waals surface area contributed by atoms with Gasteiger partial charge in [0.15, 0.2) is 0 Å². The van der Waals surface area contributed by atoms with E-state index in [2.05, 4.69) is 39.1 Å². The predicted octanol–water partition coefficient (Wildman–Crippen LogP) is 3.69. The summed E-state index contributed by atoms with van der Waals surface area (Å²) in [7, 11) is 1.72. The van der Waals surface area contributed by atoms with Gasteiger partial charge in [0.2, 0.25) is 5.89 Å². The van der Waals surface area contributed by atoms with Crippen molar-refractivity contribution in [2.24, 2.45) is 0 Å². The maximum absolute atomic E-state index is 5.90. The molecule has 1 fully saturated rings. The SMILES string of the molecule is COc1ccccc1N1CCN([C@@H](C)c2nnc(-c3cccs3)o2)CC1. The zero-order valence-corrected chi connectivity index (χ0v) is 15.8. The van der Waals surface area contributed by atoms with E-state index in [1.165, 1.54) is 0 Å². The molecular formula is C19H22N4O2S. The van der Waals surface area contributed by atoms with Crippen molar-refractivity contribution < 1.29 is 9.15 Å². The molecule has 6 nitrogen and oxygen atoms in total. The van der Waals surface area contributed by atoms with Crippen LogP contribution in [0.2, 0.25) is 0 Å². The number of benzene rings is 1. The number of piperazine rings is 1. The van der Waals surface area contributed by atoms with Crippen molar-refractivity contribution in [3.05, 3.63) is 47.7 Å². The molecule has 0 saturated carbocycles. The van der Waals surface area contributed by atoms with Gasteiger partial charge in [0.05, 0.1) is 23.7 Å². The summed E-state index contributed by atoms with van der Waals surface area (Å²) in [6.45, 7) is 5.89. The molecule has 0 aliphatic carbocycles. The Morgan fingerprint density at radius 3 is 2.62 bits per heavy atom. The Balaban J connectivity index is 1.41.